The lowest BCUT2D eigenvalue weighted by atomic mass is 10.3. The van der Waals surface area contributed by atoms with Gasteiger partial charge in [-0.15, -0.1) is 23.5 Å². The minimum Gasteiger partial charge on any atom is -0.308 e. The van der Waals surface area contributed by atoms with E-state index in [9.17, 15) is 4.79 Å². The van der Waals surface area contributed by atoms with Crippen molar-refractivity contribution in [1.29, 1.82) is 0 Å². The summed E-state index contributed by atoms with van der Waals surface area (Å²) in [6.07, 6.45) is 3.47. The van der Waals surface area contributed by atoms with E-state index in [1.807, 2.05) is 43.3 Å². The molecule has 2 aromatic carbocycles. The molecule has 1 amide bonds. The van der Waals surface area contributed by atoms with Gasteiger partial charge in [0, 0.05) is 29.3 Å². The first-order chi connectivity index (χ1) is 14.1. The molecule has 3 aromatic rings. The summed E-state index contributed by atoms with van der Waals surface area (Å²) in [5.74, 6) is 1.10. The van der Waals surface area contributed by atoms with E-state index in [0.29, 0.717) is 13.0 Å². The standard InChI is InChI=1S/C22H27N3OS3/c1-24(2)13-14-25(21(26)10-7-15-28-17-8-5-4-6-9-17)22-23-19-12-11-18(27-3)16-20(19)29-22/h4-6,8-9,11-12,16H,7,10,13-15H2,1-3H3. The van der Waals surface area contributed by atoms with E-state index < -0.39 is 0 Å². The van der Waals surface area contributed by atoms with Crippen molar-refractivity contribution < 1.29 is 4.79 Å². The molecule has 0 N–H and O–H groups in total. The molecule has 3 rings (SSSR count). The maximum atomic E-state index is 13.0. The topological polar surface area (TPSA) is 36.4 Å². The van der Waals surface area contributed by atoms with Crippen LogP contribution in [0.15, 0.2) is 58.3 Å². The normalized spacial score (nSPS) is 11.3. The average molecular weight is 446 g/mol. The molecule has 0 radical (unpaired) electrons. The number of anilines is 1. The highest BCUT2D eigenvalue weighted by molar-refractivity contribution is 7.99. The van der Waals surface area contributed by atoms with E-state index in [2.05, 4.69) is 35.4 Å². The van der Waals surface area contributed by atoms with Gasteiger partial charge < -0.3 is 4.90 Å². The number of rotatable bonds is 10. The third kappa shape index (κ3) is 6.47. The Morgan fingerprint density at radius 3 is 2.59 bits per heavy atom. The minimum absolute atomic E-state index is 0.157. The van der Waals surface area contributed by atoms with Crippen molar-refractivity contribution in [2.45, 2.75) is 22.6 Å². The van der Waals surface area contributed by atoms with Gasteiger partial charge in [0.05, 0.1) is 10.2 Å². The van der Waals surface area contributed by atoms with Crippen molar-refractivity contribution in [2.75, 3.05) is 44.1 Å². The molecular weight excluding hydrogens is 418 g/mol. The van der Waals surface area contributed by atoms with Crippen LogP contribution in [-0.4, -0.2) is 55.0 Å². The molecule has 0 saturated heterocycles. The maximum Gasteiger partial charge on any atom is 0.228 e. The molecular formula is C22H27N3OS3. The number of thiazole rings is 1. The second-order valence-corrected chi connectivity index (χ2v) is 10.0. The van der Waals surface area contributed by atoms with Crippen LogP contribution in [0.5, 0.6) is 0 Å². The Labute approximate surface area is 185 Å². The highest BCUT2D eigenvalue weighted by Crippen LogP contribution is 2.32. The van der Waals surface area contributed by atoms with Gasteiger partial charge in [-0.3, -0.25) is 9.69 Å². The predicted molar refractivity (Wildman–Crippen MR) is 129 cm³/mol. The van der Waals surface area contributed by atoms with E-state index in [1.54, 1.807) is 34.9 Å². The van der Waals surface area contributed by atoms with Crippen molar-refractivity contribution in [3.05, 3.63) is 48.5 Å². The molecule has 0 aliphatic rings. The monoisotopic (exact) mass is 445 g/mol. The molecule has 0 unspecified atom stereocenters. The predicted octanol–water partition coefficient (Wildman–Crippen LogP) is 5.49. The van der Waals surface area contributed by atoms with Gasteiger partial charge in [-0.1, -0.05) is 29.5 Å². The first kappa shape index (κ1) is 22.2. The molecule has 0 saturated carbocycles. The Balaban J connectivity index is 1.66. The molecule has 1 aromatic heterocycles. The lowest BCUT2D eigenvalue weighted by Gasteiger charge is -2.22. The number of aromatic nitrogens is 1. The number of amides is 1. The summed E-state index contributed by atoms with van der Waals surface area (Å²) >= 11 is 5.13. The molecule has 0 aliphatic carbocycles. The van der Waals surface area contributed by atoms with E-state index in [-0.39, 0.29) is 5.91 Å². The van der Waals surface area contributed by atoms with Crippen LogP contribution in [0.2, 0.25) is 0 Å². The van der Waals surface area contributed by atoms with Crippen molar-refractivity contribution in [1.82, 2.24) is 9.88 Å². The fraction of sp³-hybridized carbons (Fsp3) is 0.364. The number of benzene rings is 2. The van der Waals surface area contributed by atoms with Crippen LogP contribution in [0, 0.1) is 0 Å². The molecule has 4 nitrogen and oxygen atoms in total. The quantitative estimate of drug-likeness (QED) is 0.305. The Hall–Kier alpha value is -1.54. The summed E-state index contributed by atoms with van der Waals surface area (Å²) in [5.41, 5.74) is 0.963. The third-order valence-electron chi connectivity index (χ3n) is 4.43. The van der Waals surface area contributed by atoms with Crippen LogP contribution < -0.4 is 4.90 Å². The van der Waals surface area contributed by atoms with Crippen LogP contribution >= 0.6 is 34.9 Å². The summed E-state index contributed by atoms with van der Waals surface area (Å²) in [6.45, 7) is 1.48. The number of carbonyl (C=O) groups is 1. The fourth-order valence-electron chi connectivity index (χ4n) is 2.83. The van der Waals surface area contributed by atoms with Crippen molar-refractivity contribution in [3.63, 3.8) is 0 Å². The zero-order valence-corrected chi connectivity index (χ0v) is 19.6. The minimum atomic E-state index is 0.157. The van der Waals surface area contributed by atoms with Gasteiger partial charge in [-0.25, -0.2) is 4.98 Å². The fourth-order valence-corrected chi connectivity index (χ4v) is 5.26. The van der Waals surface area contributed by atoms with E-state index in [4.69, 9.17) is 4.98 Å². The summed E-state index contributed by atoms with van der Waals surface area (Å²) < 4.78 is 1.13. The Kier molecular flexibility index (Phi) is 8.41. The number of fused-ring (bicyclic) bond motifs is 1. The van der Waals surface area contributed by atoms with Crippen molar-refractivity contribution >= 4 is 56.1 Å². The number of likely N-dealkylation sites (N-methyl/N-ethyl adjacent to an activating group) is 1. The van der Waals surface area contributed by atoms with Gasteiger partial charge in [0.25, 0.3) is 0 Å². The lowest BCUT2D eigenvalue weighted by molar-refractivity contribution is -0.118. The second kappa shape index (κ2) is 11.0. The Morgan fingerprint density at radius 1 is 1.07 bits per heavy atom. The van der Waals surface area contributed by atoms with E-state index >= 15 is 0 Å². The number of thioether (sulfide) groups is 2. The number of hydrogen-bond donors (Lipinski definition) is 0. The summed E-state index contributed by atoms with van der Waals surface area (Å²) in [5, 5.41) is 0.806. The van der Waals surface area contributed by atoms with Gasteiger partial charge in [-0.05, 0) is 62.9 Å². The molecule has 0 spiro atoms. The van der Waals surface area contributed by atoms with Gasteiger partial charge in [0.15, 0.2) is 5.13 Å². The molecule has 0 bridgehead atoms. The largest absolute Gasteiger partial charge is 0.308 e. The number of hydrogen-bond acceptors (Lipinski definition) is 6. The van der Waals surface area contributed by atoms with Gasteiger partial charge >= 0.3 is 0 Å². The molecule has 0 aliphatic heterocycles. The molecule has 1 heterocycles. The van der Waals surface area contributed by atoms with E-state index in [1.165, 1.54) is 9.79 Å². The highest BCUT2D eigenvalue weighted by atomic mass is 32.2. The maximum absolute atomic E-state index is 13.0. The van der Waals surface area contributed by atoms with Crippen LogP contribution in [0.3, 0.4) is 0 Å². The van der Waals surface area contributed by atoms with Crippen LogP contribution in [0.1, 0.15) is 12.8 Å². The van der Waals surface area contributed by atoms with Crippen LogP contribution in [0.25, 0.3) is 10.2 Å². The smallest absolute Gasteiger partial charge is 0.228 e. The van der Waals surface area contributed by atoms with E-state index in [0.717, 1.165) is 34.1 Å². The second-order valence-electron chi connectivity index (χ2n) is 6.94. The lowest BCUT2D eigenvalue weighted by Crippen LogP contribution is -2.36. The number of carbonyl (C=O) groups excluding carboxylic acids is 1. The summed E-state index contributed by atoms with van der Waals surface area (Å²) in [4.78, 5) is 24.2. The van der Waals surface area contributed by atoms with Gasteiger partial charge in [-0.2, -0.15) is 0 Å². The van der Waals surface area contributed by atoms with Crippen molar-refractivity contribution in [2.24, 2.45) is 0 Å². The molecule has 0 atom stereocenters. The van der Waals surface area contributed by atoms with Crippen LogP contribution in [0.4, 0.5) is 5.13 Å². The summed E-state index contributed by atoms with van der Waals surface area (Å²) in [7, 11) is 4.06. The first-order valence-corrected chi connectivity index (χ1v) is 12.7. The molecule has 154 valence electrons. The van der Waals surface area contributed by atoms with Gasteiger partial charge in [0.1, 0.15) is 0 Å². The third-order valence-corrected chi connectivity index (χ3v) is 7.30. The molecule has 0 fully saturated rings. The molecule has 7 heteroatoms. The number of nitrogens with zero attached hydrogens (tertiary/aromatic N) is 3. The van der Waals surface area contributed by atoms with Crippen molar-refractivity contribution in [3.8, 4) is 0 Å². The zero-order valence-electron chi connectivity index (χ0n) is 17.1. The highest BCUT2D eigenvalue weighted by Gasteiger charge is 2.19. The average Bonchev–Trinajstić information content (AvgIpc) is 3.14. The first-order valence-electron chi connectivity index (χ1n) is 9.64. The summed E-state index contributed by atoms with van der Waals surface area (Å²) in [6, 6.07) is 16.6. The van der Waals surface area contributed by atoms with Gasteiger partial charge in [0.2, 0.25) is 5.91 Å². The zero-order chi connectivity index (χ0) is 20.6. The molecule has 29 heavy (non-hydrogen) atoms. The van der Waals surface area contributed by atoms with Crippen LogP contribution in [-0.2, 0) is 4.79 Å². The SMILES string of the molecule is CSc1ccc2nc(N(CCN(C)C)C(=O)CCCSc3ccccc3)sc2c1. The Morgan fingerprint density at radius 2 is 1.86 bits per heavy atom. The Bertz CT molecular complexity index is 927.